The Labute approximate surface area is 163 Å². The Bertz CT molecular complexity index is 1390. The molecule has 0 aliphatic rings. The highest BCUT2D eigenvalue weighted by molar-refractivity contribution is 6.02. The molecule has 0 aliphatic heterocycles. The first-order chi connectivity index (χ1) is 13.8. The first-order valence-corrected chi connectivity index (χ1v) is 9.69. The van der Waals surface area contributed by atoms with Gasteiger partial charge in [0.15, 0.2) is 0 Å². The third kappa shape index (κ3) is 2.46. The van der Waals surface area contributed by atoms with Gasteiger partial charge in [-0.3, -0.25) is 0 Å². The second-order valence-electron chi connectivity index (χ2n) is 7.52. The fourth-order valence-electron chi connectivity index (χ4n) is 4.24. The van der Waals surface area contributed by atoms with Crippen molar-refractivity contribution in [1.82, 2.24) is 0 Å². The van der Waals surface area contributed by atoms with Crippen LogP contribution in [-0.4, -0.2) is 0 Å². The van der Waals surface area contributed by atoms with Gasteiger partial charge < -0.3 is 0 Å². The van der Waals surface area contributed by atoms with E-state index in [0.717, 1.165) is 0 Å². The summed E-state index contributed by atoms with van der Waals surface area (Å²) in [6, 6.07) is 39.8. The van der Waals surface area contributed by atoms with Crippen molar-refractivity contribution in [3.63, 3.8) is 0 Å². The molecule has 0 spiro atoms. The molecule has 0 heteroatoms. The minimum atomic E-state index is 1.26. The summed E-state index contributed by atoms with van der Waals surface area (Å²) < 4.78 is 0. The molecule has 0 saturated carbocycles. The largest absolute Gasteiger partial charge is 0.0616 e. The molecular weight excluding hydrogens is 336 g/mol. The molecule has 0 saturated heterocycles. The Kier molecular flexibility index (Phi) is 3.27. The molecule has 6 aromatic carbocycles. The number of hydrogen-bond donors (Lipinski definition) is 0. The predicted octanol–water partition coefficient (Wildman–Crippen LogP) is 7.97. The number of fused-ring (bicyclic) bond motifs is 4. The van der Waals surface area contributed by atoms with E-state index in [-0.39, 0.29) is 0 Å². The normalized spacial score (nSPS) is 11.6. The molecule has 0 amide bonds. The van der Waals surface area contributed by atoms with Crippen LogP contribution in [0, 0.1) is 0 Å². The van der Waals surface area contributed by atoms with Crippen molar-refractivity contribution in [2.24, 2.45) is 0 Å². The van der Waals surface area contributed by atoms with Crippen molar-refractivity contribution in [2.75, 3.05) is 0 Å². The first-order valence-electron chi connectivity index (χ1n) is 9.69. The van der Waals surface area contributed by atoms with Gasteiger partial charge in [0, 0.05) is 0 Å². The summed E-state index contributed by atoms with van der Waals surface area (Å²) in [6.07, 6.45) is 0. The number of rotatable bonds is 1. The van der Waals surface area contributed by atoms with E-state index in [0.29, 0.717) is 0 Å². The fraction of sp³-hybridized carbons (Fsp3) is 0. The smallest absolute Gasteiger partial charge is 0.0171 e. The number of benzene rings is 6. The van der Waals surface area contributed by atoms with Crippen molar-refractivity contribution in [2.45, 2.75) is 0 Å². The average Bonchev–Trinajstić information content (AvgIpc) is 2.75. The van der Waals surface area contributed by atoms with Crippen molar-refractivity contribution in [3.8, 4) is 11.1 Å². The Hall–Kier alpha value is -3.64. The standard InChI is InChI=1S/C28H18/c1-3-7-21-15-27-17-23(9-11-25(27)13-19(21)5-1)24-10-12-26-14-20-6-2-4-8-22(20)16-28(26)18-24/h1-18H. The van der Waals surface area contributed by atoms with Gasteiger partial charge in [-0.15, -0.1) is 0 Å². The van der Waals surface area contributed by atoms with E-state index in [1.165, 1.54) is 54.2 Å². The lowest BCUT2D eigenvalue weighted by atomic mass is 9.96. The van der Waals surface area contributed by atoms with E-state index in [1.807, 2.05) is 0 Å². The molecule has 6 aromatic rings. The van der Waals surface area contributed by atoms with E-state index in [4.69, 9.17) is 0 Å². The van der Waals surface area contributed by atoms with Gasteiger partial charge in [0.05, 0.1) is 0 Å². The highest BCUT2D eigenvalue weighted by atomic mass is 14.1. The highest BCUT2D eigenvalue weighted by Gasteiger charge is 2.04. The van der Waals surface area contributed by atoms with Crippen LogP contribution in [0.3, 0.4) is 0 Å². The topological polar surface area (TPSA) is 0 Å². The van der Waals surface area contributed by atoms with Gasteiger partial charge in [0.2, 0.25) is 0 Å². The molecule has 0 aromatic heterocycles. The van der Waals surface area contributed by atoms with Crippen LogP contribution in [0.15, 0.2) is 109 Å². The van der Waals surface area contributed by atoms with Gasteiger partial charge in [-0.25, -0.2) is 0 Å². The molecule has 0 bridgehead atoms. The molecular formula is C28H18. The van der Waals surface area contributed by atoms with Gasteiger partial charge >= 0.3 is 0 Å². The summed E-state index contributed by atoms with van der Waals surface area (Å²) in [5.41, 5.74) is 2.52. The Morgan fingerprint density at radius 3 is 0.964 bits per heavy atom. The molecule has 6 rings (SSSR count). The SMILES string of the molecule is c1ccc2cc3cc(-c4ccc5cc6ccccc6cc5c4)ccc3cc2c1. The summed E-state index contributed by atoms with van der Waals surface area (Å²) in [6.45, 7) is 0. The van der Waals surface area contributed by atoms with Gasteiger partial charge in [-0.05, 0) is 90.6 Å². The lowest BCUT2D eigenvalue weighted by Crippen LogP contribution is -1.82. The minimum absolute atomic E-state index is 1.26. The Morgan fingerprint density at radius 1 is 0.250 bits per heavy atom. The molecule has 28 heavy (non-hydrogen) atoms. The van der Waals surface area contributed by atoms with Gasteiger partial charge in [-0.2, -0.15) is 0 Å². The van der Waals surface area contributed by atoms with Gasteiger partial charge in [-0.1, -0.05) is 72.8 Å². The quantitative estimate of drug-likeness (QED) is 0.263. The Morgan fingerprint density at radius 2 is 0.571 bits per heavy atom. The summed E-state index contributed by atoms with van der Waals surface area (Å²) >= 11 is 0. The van der Waals surface area contributed by atoms with Crippen molar-refractivity contribution in [3.05, 3.63) is 109 Å². The van der Waals surface area contributed by atoms with Crippen LogP contribution in [0.1, 0.15) is 0 Å². The molecule has 0 fully saturated rings. The molecule has 0 unspecified atom stereocenters. The van der Waals surface area contributed by atoms with Crippen LogP contribution >= 0.6 is 0 Å². The molecule has 0 nitrogen and oxygen atoms in total. The Balaban J connectivity index is 1.53. The van der Waals surface area contributed by atoms with Crippen LogP contribution in [-0.2, 0) is 0 Å². The van der Waals surface area contributed by atoms with Crippen LogP contribution in [0.4, 0.5) is 0 Å². The minimum Gasteiger partial charge on any atom is -0.0616 e. The first kappa shape index (κ1) is 15.4. The zero-order chi connectivity index (χ0) is 18.5. The van der Waals surface area contributed by atoms with Crippen molar-refractivity contribution < 1.29 is 0 Å². The van der Waals surface area contributed by atoms with Gasteiger partial charge in [0.1, 0.15) is 0 Å². The average molecular weight is 354 g/mol. The number of hydrogen-bond acceptors (Lipinski definition) is 0. The van der Waals surface area contributed by atoms with E-state index in [2.05, 4.69) is 109 Å². The van der Waals surface area contributed by atoms with Crippen LogP contribution < -0.4 is 0 Å². The van der Waals surface area contributed by atoms with Crippen LogP contribution in [0.5, 0.6) is 0 Å². The maximum Gasteiger partial charge on any atom is -0.0171 e. The highest BCUT2D eigenvalue weighted by Crippen LogP contribution is 2.31. The molecule has 0 heterocycles. The van der Waals surface area contributed by atoms with E-state index < -0.39 is 0 Å². The fourth-order valence-corrected chi connectivity index (χ4v) is 4.24. The van der Waals surface area contributed by atoms with E-state index in [1.54, 1.807) is 0 Å². The van der Waals surface area contributed by atoms with Crippen LogP contribution in [0.25, 0.3) is 54.2 Å². The molecule has 130 valence electrons. The van der Waals surface area contributed by atoms with Crippen molar-refractivity contribution in [1.29, 1.82) is 0 Å². The second kappa shape index (κ2) is 5.94. The predicted molar refractivity (Wildman–Crippen MR) is 122 cm³/mol. The third-order valence-corrected chi connectivity index (χ3v) is 5.74. The van der Waals surface area contributed by atoms with Crippen LogP contribution in [0.2, 0.25) is 0 Å². The lowest BCUT2D eigenvalue weighted by Gasteiger charge is -2.08. The molecule has 0 N–H and O–H groups in total. The summed E-state index contributed by atoms with van der Waals surface area (Å²) in [7, 11) is 0. The maximum absolute atomic E-state index is 2.31. The molecule has 0 aliphatic carbocycles. The monoisotopic (exact) mass is 354 g/mol. The van der Waals surface area contributed by atoms with Gasteiger partial charge in [0.25, 0.3) is 0 Å². The summed E-state index contributed by atoms with van der Waals surface area (Å²) in [4.78, 5) is 0. The van der Waals surface area contributed by atoms with E-state index >= 15 is 0 Å². The summed E-state index contributed by atoms with van der Waals surface area (Å²) in [5, 5.41) is 10.3. The zero-order valence-electron chi connectivity index (χ0n) is 15.4. The molecule has 0 atom stereocenters. The lowest BCUT2D eigenvalue weighted by molar-refractivity contribution is 1.69. The maximum atomic E-state index is 2.31. The second-order valence-corrected chi connectivity index (χ2v) is 7.52. The summed E-state index contributed by atoms with van der Waals surface area (Å²) in [5.74, 6) is 0. The van der Waals surface area contributed by atoms with Crippen molar-refractivity contribution >= 4 is 43.1 Å². The van der Waals surface area contributed by atoms with E-state index in [9.17, 15) is 0 Å². The third-order valence-electron chi connectivity index (χ3n) is 5.74. The molecule has 0 radical (unpaired) electrons. The zero-order valence-corrected chi connectivity index (χ0v) is 15.4.